The van der Waals surface area contributed by atoms with Crippen molar-refractivity contribution in [3.8, 4) is 22.9 Å². The van der Waals surface area contributed by atoms with Crippen molar-refractivity contribution in [3.05, 3.63) is 180 Å². The lowest BCUT2D eigenvalue weighted by molar-refractivity contribution is 0.619. The lowest BCUT2D eigenvalue weighted by Gasteiger charge is -2.33. The van der Waals surface area contributed by atoms with Crippen molar-refractivity contribution >= 4 is 51.8 Å². The smallest absolute Gasteiger partial charge is 0.227 e. The standard InChI is InChI=1S/C46H36N2O2Si/c1-3-51(4-2)43(33-21-15-23-35(29-33)45-47-37-25-11-13-27-39(37)49-45)41(31-17-7-5-8-18-31)42(32-19-9-6-10-20-32)44(51)34-22-16-24-36(30-34)46-48-38-26-12-14-28-40(38)50-46/h5-30H,3-4H2,1-2H3. The summed E-state index contributed by atoms with van der Waals surface area (Å²) in [5.41, 5.74) is 12.8. The number of rotatable bonds is 8. The summed E-state index contributed by atoms with van der Waals surface area (Å²) in [4.78, 5) is 9.77. The van der Waals surface area contributed by atoms with E-state index in [9.17, 15) is 0 Å². The van der Waals surface area contributed by atoms with Gasteiger partial charge >= 0.3 is 0 Å². The summed E-state index contributed by atoms with van der Waals surface area (Å²) in [5, 5.41) is 2.91. The summed E-state index contributed by atoms with van der Waals surface area (Å²) in [6.07, 6.45) is 0. The van der Waals surface area contributed by atoms with Gasteiger partial charge in [-0.05, 0) is 92.3 Å². The van der Waals surface area contributed by atoms with Crippen LogP contribution in [0, 0.1) is 0 Å². The molecule has 246 valence electrons. The third-order valence-corrected chi connectivity index (χ3v) is 15.8. The molecule has 0 saturated heterocycles. The molecule has 5 heteroatoms. The van der Waals surface area contributed by atoms with Gasteiger partial charge in [-0.15, -0.1) is 0 Å². The average molecular weight is 677 g/mol. The van der Waals surface area contributed by atoms with Crippen molar-refractivity contribution in [2.75, 3.05) is 0 Å². The van der Waals surface area contributed by atoms with E-state index >= 15 is 0 Å². The van der Waals surface area contributed by atoms with E-state index in [0.29, 0.717) is 11.8 Å². The van der Waals surface area contributed by atoms with Gasteiger partial charge in [0.05, 0.1) is 0 Å². The maximum Gasteiger partial charge on any atom is 0.227 e. The fourth-order valence-electron chi connectivity index (χ4n) is 8.05. The molecule has 1 aliphatic heterocycles. The van der Waals surface area contributed by atoms with Crippen LogP contribution >= 0.6 is 0 Å². The van der Waals surface area contributed by atoms with E-state index in [0.717, 1.165) is 45.4 Å². The Hall–Kier alpha value is -6.04. The summed E-state index contributed by atoms with van der Waals surface area (Å²) >= 11 is 0. The van der Waals surface area contributed by atoms with Gasteiger partial charge in [-0.2, -0.15) is 0 Å². The molecule has 0 spiro atoms. The summed E-state index contributed by atoms with van der Waals surface area (Å²) < 4.78 is 12.6. The highest BCUT2D eigenvalue weighted by atomic mass is 28.3. The molecule has 1 aliphatic rings. The van der Waals surface area contributed by atoms with Gasteiger partial charge in [0.2, 0.25) is 11.8 Å². The molecule has 0 radical (unpaired) electrons. The number of hydrogen-bond donors (Lipinski definition) is 0. The predicted molar refractivity (Wildman–Crippen MR) is 212 cm³/mol. The molecule has 0 atom stereocenters. The topological polar surface area (TPSA) is 52.1 Å². The number of allylic oxidation sites excluding steroid dienone is 2. The summed E-state index contributed by atoms with van der Waals surface area (Å²) in [5.74, 6) is 1.28. The van der Waals surface area contributed by atoms with Crippen LogP contribution in [0.5, 0.6) is 0 Å². The highest BCUT2D eigenvalue weighted by Gasteiger charge is 2.48. The van der Waals surface area contributed by atoms with E-state index in [1.165, 1.54) is 43.8 Å². The van der Waals surface area contributed by atoms with Crippen molar-refractivity contribution < 1.29 is 8.83 Å². The monoisotopic (exact) mass is 676 g/mol. The third-order valence-electron chi connectivity index (χ3n) is 10.4. The minimum atomic E-state index is -2.47. The molecule has 0 N–H and O–H groups in total. The van der Waals surface area contributed by atoms with Gasteiger partial charge in [0.25, 0.3) is 0 Å². The Morgan fingerprint density at radius 2 is 0.784 bits per heavy atom. The largest absolute Gasteiger partial charge is 0.436 e. The quantitative estimate of drug-likeness (QED) is 0.150. The van der Waals surface area contributed by atoms with Crippen LogP contribution in [0.4, 0.5) is 0 Å². The molecular formula is C46H36N2O2Si. The molecule has 6 aromatic carbocycles. The number of para-hydroxylation sites is 4. The normalized spacial score (nSPS) is 14.2. The second kappa shape index (κ2) is 12.7. The van der Waals surface area contributed by atoms with Gasteiger partial charge < -0.3 is 8.83 Å². The average Bonchev–Trinajstić information content (AvgIpc) is 3.92. The maximum absolute atomic E-state index is 6.30. The fraction of sp³-hybridized carbons (Fsp3) is 0.0870. The number of oxazole rings is 2. The first-order valence-electron chi connectivity index (χ1n) is 17.7. The molecule has 0 bridgehead atoms. The van der Waals surface area contributed by atoms with E-state index in [1.54, 1.807) is 0 Å². The first-order valence-corrected chi connectivity index (χ1v) is 20.1. The van der Waals surface area contributed by atoms with Gasteiger partial charge in [0.1, 0.15) is 19.1 Å². The zero-order chi connectivity index (χ0) is 34.4. The van der Waals surface area contributed by atoms with E-state index < -0.39 is 8.07 Å². The Morgan fingerprint density at radius 3 is 1.20 bits per heavy atom. The highest BCUT2D eigenvalue weighted by molar-refractivity contribution is 7.14. The molecule has 3 heterocycles. The SMILES string of the molecule is CC[Si]1(CC)C(c2cccc(-c3nc4ccccc4o3)c2)=C(c2ccccc2)C(c2ccccc2)=C1c1cccc(-c2nc3ccccc3o2)c1. The van der Waals surface area contributed by atoms with Gasteiger partial charge in [-0.25, -0.2) is 9.97 Å². The highest BCUT2D eigenvalue weighted by Crippen LogP contribution is 2.58. The van der Waals surface area contributed by atoms with Crippen molar-refractivity contribution in [2.24, 2.45) is 0 Å². The van der Waals surface area contributed by atoms with E-state index in [4.69, 9.17) is 18.8 Å². The van der Waals surface area contributed by atoms with E-state index in [-0.39, 0.29) is 0 Å². The minimum Gasteiger partial charge on any atom is -0.436 e. The van der Waals surface area contributed by atoms with Gasteiger partial charge in [0, 0.05) is 11.1 Å². The molecule has 51 heavy (non-hydrogen) atoms. The van der Waals surface area contributed by atoms with Crippen LogP contribution in [0.25, 0.3) is 66.6 Å². The maximum atomic E-state index is 6.30. The van der Waals surface area contributed by atoms with Gasteiger partial charge in [0.15, 0.2) is 11.2 Å². The molecule has 0 unspecified atom stereocenters. The van der Waals surface area contributed by atoms with Crippen LogP contribution in [0.15, 0.2) is 167 Å². The Balaban J connectivity index is 1.32. The van der Waals surface area contributed by atoms with Crippen LogP contribution < -0.4 is 0 Å². The molecular weight excluding hydrogens is 641 g/mol. The Labute approximate surface area is 298 Å². The number of hydrogen-bond acceptors (Lipinski definition) is 4. The van der Waals surface area contributed by atoms with Crippen LogP contribution in [0.2, 0.25) is 12.1 Å². The van der Waals surface area contributed by atoms with E-state index in [1.807, 2.05) is 48.5 Å². The number of nitrogens with zero attached hydrogens (tertiary/aromatic N) is 2. The molecule has 0 saturated carbocycles. The second-order valence-corrected chi connectivity index (χ2v) is 17.7. The van der Waals surface area contributed by atoms with Crippen LogP contribution in [0.3, 0.4) is 0 Å². The lowest BCUT2D eigenvalue weighted by atomic mass is 9.89. The van der Waals surface area contributed by atoms with Crippen LogP contribution in [-0.4, -0.2) is 18.0 Å². The molecule has 4 nitrogen and oxygen atoms in total. The summed E-state index contributed by atoms with van der Waals surface area (Å²) in [6, 6.07) is 57.7. The first-order chi connectivity index (χ1) is 25.2. The predicted octanol–water partition coefficient (Wildman–Crippen LogP) is 12.4. The van der Waals surface area contributed by atoms with Gasteiger partial charge in [-0.1, -0.05) is 135 Å². The number of benzene rings is 6. The zero-order valence-corrected chi connectivity index (χ0v) is 29.6. The summed E-state index contributed by atoms with van der Waals surface area (Å²) in [7, 11) is -2.47. The first kappa shape index (κ1) is 31.0. The van der Waals surface area contributed by atoms with E-state index in [2.05, 4.69) is 123 Å². The van der Waals surface area contributed by atoms with Crippen molar-refractivity contribution in [3.63, 3.8) is 0 Å². The Morgan fingerprint density at radius 1 is 0.412 bits per heavy atom. The van der Waals surface area contributed by atoms with Gasteiger partial charge in [-0.3, -0.25) is 0 Å². The molecule has 0 fully saturated rings. The molecule has 9 rings (SSSR count). The van der Waals surface area contributed by atoms with Crippen LogP contribution in [-0.2, 0) is 0 Å². The van der Waals surface area contributed by atoms with Crippen molar-refractivity contribution in [2.45, 2.75) is 25.9 Å². The minimum absolute atomic E-state index is 0.640. The Bertz CT molecular complexity index is 2360. The summed E-state index contributed by atoms with van der Waals surface area (Å²) in [6.45, 7) is 4.78. The number of aromatic nitrogens is 2. The molecule has 8 aromatic rings. The third kappa shape index (κ3) is 5.20. The van der Waals surface area contributed by atoms with Crippen molar-refractivity contribution in [1.82, 2.24) is 9.97 Å². The number of fused-ring (bicyclic) bond motifs is 2. The second-order valence-electron chi connectivity index (χ2n) is 13.2. The molecule has 2 aromatic heterocycles. The molecule has 0 amide bonds. The fourth-order valence-corrected chi connectivity index (χ4v) is 13.1. The Kier molecular flexibility index (Phi) is 7.71. The van der Waals surface area contributed by atoms with Crippen molar-refractivity contribution in [1.29, 1.82) is 0 Å². The zero-order valence-electron chi connectivity index (χ0n) is 28.6. The molecule has 0 aliphatic carbocycles. The van der Waals surface area contributed by atoms with Crippen LogP contribution in [0.1, 0.15) is 36.1 Å². The lowest BCUT2D eigenvalue weighted by Crippen LogP contribution is -2.35.